The van der Waals surface area contributed by atoms with Crippen molar-refractivity contribution in [1.82, 2.24) is 5.32 Å². The maximum atomic E-state index is 11.8. The zero-order valence-electron chi connectivity index (χ0n) is 13.0. The average molecular weight is 307 g/mol. The van der Waals surface area contributed by atoms with Crippen LogP contribution in [0, 0.1) is 0 Å². The highest BCUT2D eigenvalue weighted by molar-refractivity contribution is 5.94. The minimum atomic E-state index is -0.616. The number of rotatable bonds is 7. The topological polar surface area (TPSA) is 81.7 Å². The summed E-state index contributed by atoms with van der Waals surface area (Å²) in [5, 5.41) is 2.74. The Morgan fingerprint density at radius 3 is 2.14 bits per heavy atom. The molecule has 120 valence electrons. The molecule has 0 bridgehead atoms. The molecule has 0 radical (unpaired) electrons. The fourth-order valence-electron chi connectivity index (χ4n) is 1.90. The fraction of sp³-hybridized carbons (Fsp3) is 0.438. The van der Waals surface area contributed by atoms with Crippen molar-refractivity contribution in [3.63, 3.8) is 0 Å². The van der Waals surface area contributed by atoms with Gasteiger partial charge in [0.05, 0.1) is 18.2 Å². The number of carbonyl (C=O) groups excluding carboxylic acids is 3. The molecule has 0 fully saturated rings. The van der Waals surface area contributed by atoms with Crippen LogP contribution in [0.1, 0.15) is 47.4 Å². The second-order valence-electron chi connectivity index (χ2n) is 4.90. The molecular formula is C16H21NO5. The van der Waals surface area contributed by atoms with Crippen molar-refractivity contribution in [2.75, 3.05) is 13.7 Å². The highest BCUT2D eigenvalue weighted by Crippen LogP contribution is 2.07. The number of methoxy groups -OCH3 is 1. The zero-order valence-corrected chi connectivity index (χ0v) is 13.0. The molecule has 0 aliphatic carbocycles. The summed E-state index contributed by atoms with van der Waals surface area (Å²) >= 11 is 0. The van der Waals surface area contributed by atoms with Gasteiger partial charge in [-0.05, 0) is 37.6 Å². The van der Waals surface area contributed by atoms with E-state index in [1.807, 2.05) is 13.8 Å². The van der Waals surface area contributed by atoms with E-state index >= 15 is 0 Å². The predicted molar refractivity (Wildman–Crippen MR) is 80.6 cm³/mol. The molecule has 0 aromatic heterocycles. The van der Waals surface area contributed by atoms with Crippen molar-refractivity contribution in [2.45, 2.75) is 32.7 Å². The second-order valence-corrected chi connectivity index (χ2v) is 4.90. The van der Waals surface area contributed by atoms with E-state index < -0.39 is 11.9 Å². The second kappa shape index (κ2) is 8.81. The summed E-state index contributed by atoms with van der Waals surface area (Å²) in [5.74, 6) is -1.43. The predicted octanol–water partition coefficient (Wildman–Crippen LogP) is 1.93. The Balaban J connectivity index is 2.48. The van der Waals surface area contributed by atoms with Gasteiger partial charge in [-0.3, -0.25) is 4.79 Å². The summed E-state index contributed by atoms with van der Waals surface area (Å²) in [6, 6.07) is 5.88. The normalized spacial score (nSPS) is 11.4. The first-order valence-electron chi connectivity index (χ1n) is 7.12. The Bertz CT molecular complexity index is 524. The lowest BCUT2D eigenvalue weighted by atomic mass is 10.1. The van der Waals surface area contributed by atoms with Gasteiger partial charge in [0.15, 0.2) is 6.61 Å². The summed E-state index contributed by atoms with van der Waals surface area (Å²) in [4.78, 5) is 34.7. The molecule has 1 N–H and O–H groups in total. The Kier molecular flexibility index (Phi) is 7.08. The lowest BCUT2D eigenvalue weighted by Gasteiger charge is -2.12. The quantitative estimate of drug-likeness (QED) is 0.778. The van der Waals surface area contributed by atoms with Gasteiger partial charge < -0.3 is 14.8 Å². The first kappa shape index (κ1) is 17.7. The lowest BCUT2D eigenvalue weighted by Crippen LogP contribution is -2.35. The van der Waals surface area contributed by atoms with E-state index in [0.29, 0.717) is 5.56 Å². The standard InChI is InChI=1S/C16H21NO5/c1-4-5-11(2)17-14(18)10-22-16(20)13-8-6-12(7-9-13)15(19)21-3/h6-9,11H,4-5,10H2,1-3H3,(H,17,18)/t11-/m1/s1. The van der Waals surface area contributed by atoms with Crippen molar-refractivity contribution in [1.29, 1.82) is 0 Å². The van der Waals surface area contributed by atoms with Crippen molar-refractivity contribution in [3.8, 4) is 0 Å². The summed E-state index contributed by atoms with van der Waals surface area (Å²) in [7, 11) is 1.28. The lowest BCUT2D eigenvalue weighted by molar-refractivity contribution is -0.124. The number of esters is 2. The van der Waals surface area contributed by atoms with E-state index in [2.05, 4.69) is 10.1 Å². The maximum absolute atomic E-state index is 11.8. The smallest absolute Gasteiger partial charge is 0.338 e. The van der Waals surface area contributed by atoms with Gasteiger partial charge in [0, 0.05) is 6.04 Å². The first-order chi connectivity index (χ1) is 10.5. The molecule has 22 heavy (non-hydrogen) atoms. The molecule has 0 heterocycles. The number of carbonyl (C=O) groups is 3. The van der Waals surface area contributed by atoms with E-state index in [1.165, 1.54) is 31.4 Å². The van der Waals surface area contributed by atoms with Crippen LogP contribution in [0.5, 0.6) is 0 Å². The van der Waals surface area contributed by atoms with Gasteiger partial charge in [0.1, 0.15) is 0 Å². The van der Waals surface area contributed by atoms with Crippen molar-refractivity contribution >= 4 is 17.8 Å². The van der Waals surface area contributed by atoms with Gasteiger partial charge in [-0.15, -0.1) is 0 Å². The number of hydrogen-bond acceptors (Lipinski definition) is 5. The third-order valence-electron chi connectivity index (χ3n) is 3.01. The van der Waals surface area contributed by atoms with Gasteiger partial charge in [-0.25, -0.2) is 9.59 Å². The van der Waals surface area contributed by atoms with Crippen molar-refractivity contribution in [2.24, 2.45) is 0 Å². The van der Waals surface area contributed by atoms with Crippen LogP contribution in [0.25, 0.3) is 0 Å². The maximum Gasteiger partial charge on any atom is 0.338 e. The van der Waals surface area contributed by atoms with Crippen LogP contribution in [0.15, 0.2) is 24.3 Å². The van der Waals surface area contributed by atoms with Crippen molar-refractivity contribution in [3.05, 3.63) is 35.4 Å². The van der Waals surface area contributed by atoms with Crippen molar-refractivity contribution < 1.29 is 23.9 Å². The molecule has 1 atom stereocenters. The van der Waals surface area contributed by atoms with Crippen LogP contribution >= 0.6 is 0 Å². The molecule has 0 saturated heterocycles. The molecule has 0 aliphatic rings. The van der Waals surface area contributed by atoms with E-state index in [4.69, 9.17) is 4.74 Å². The van der Waals surface area contributed by atoms with Crippen LogP contribution in [0.4, 0.5) is 0 Å². The van der Waals surface area contributed by atoms with Crippen LogP contribution in [0.2, 0.25) is 0 Å². The van der Waals surface area contributed by atoms with Crippen LogP contribution in [-0.4, -0.2) is 37.6 Å². The van der Waals surface area contributed by atoms with Gasteiger partial charge in [0.25, 0.3) is 5.91 Å². The molecule has 6 heteroatoms. The molecular weight excluding hydrogens is 286 g/mol. The Morgan fingerprint density at radius 1 is 1.09 bits per heavy atom. The van der Waals surface area contributed by atoms with Gasteiger partial charge in [-0.1, -0.05) is 13.3 Å². The van der Waals surface area contributed by atoms with Crippen LogP contribution in [0.3, 0.4) is 0 Å². The fourth-order valence-corrected chi connectivity index (χ4v) is 1.90. The molecule has 0 aliphatic heterocycles. The molecule has 0 saturated carbocycles. The average Bonchev–Trinajstić information content (AvgIpc) is 2.52. The SMILES string of the molecule is CCC[C@@H](C)NC(=O)COC(=O)c1ccc(C(=O)OC)cc1. The summed E-state index contributed by atoms with van der Waals surface area (Å²) in [6.45, 7) is 3.60. The molecule has 1 aromatic carbocycles. The number of ether oxygens (including phenoxy) is 2. The Labute approximate surface area is 129 Å². The van der Waals surface area contributed by atoms with E-state index in [0.717, 1.165) is 12.8 Å². The summed E-state index contributed by atoms with van der Waals surface area (Å²) in [6.07, 6.45) is 1.84. The first-order valence-corrected chi connectivity index (χ1v) is 7.12. The number of hydrogen-bond donors (Lipinski definition) is 1. The van der Waals surface area contributed by atoms with Gasteiger partial charge >= 0.3 is 11.9 Å². The van der Waals surface area contributed by atoms with Gasteiger partial charge in [0.2, 0.25) is 0 Å². The molecule has 1 rings (SSSR count). The summed E-state index contributed by atoms with van der Waals surface area (Å²) in [5.41, 5.74) is 0.604. The van der Waals surface area contributed by atoms with Gasteiger partial charge in [-0.2, -0.15) is 0 Å². The van der Waals surface area contributed by atoms with Crippen LogP contribution in [-0.2, 0) is 14.3 Å². The molecule has 1 amide bonds. The highest BCUT2D eigenvalue weighted by atomic mass is 16.5. The number of amides is 1. The Morgan fingerprint density at radius 2 is 1.64 bits per heavy atom. The van der Waals surface area contributed by atoms with Crippen LogP contribution < -0.4 is 5.32 Å². The van der Waals surface area contributed by atoms with E-state index in [1.54, 1.807) is 0 Å². The van der Waals surface area contributed by atoms with E-state index in [9.17, 15) is 14.4 Å². The molecule has 0 spiro atoms. The third-order valence-corrected chi connectivity index (χ3v) is 3.01. The molecule has 0 unspecified atom stereocenters. The van der Waals surface area contributed by atoms with E-state index in [-0.39, 0.29) is 24.1 Å². The monoisotopic (exact) mass is 307 g/mol. The highest BCUT2D eigenvalue weighted by Gasteiger charge is 2.13. The number of nitrogens with one attached hydrogen (secondary N) is 1. The molecule has 1 aromatic rings. The molecule has 6 nitrogen and oxygen atoms in total. The summed E-state index contributed by atoms with van der Waals surface area (Å²) < 4.78 is 9.49. The third kappa shape index (κ3) is 5.55. The Hall–Kier alpha value is -2.37. The zero-order chi connectivity index (χ0) is 16.5. The largest absolute Gasteiger partial charge is 0.465 e. The number of benzene rings is 1. The minimum Gasteiger partial charge on any atom is -0.465 e. The minimum absolute atomic E-state index is 0.0514.